The van der Waals surface area contributed by atoms with Crippen molar-refractivity contribution in [2.45, 2.75) is 25.3 Å². The average Bonchev–Trinajstić information content (AvgIpc) is 2.71. The molecule has 1 N–H and O–H groups in total. The molecule has 3 aromatic rings. The number of amides is 1. The molecular formula is C24H24N2OS. The highest BCUT2D eigenvalue weighted by molar-refractivity contribution is 7.99. The first kappa shape index (κ1) is 18.6. The van der Waals surface area contributed by atoms with Crippen molar-refractivity contribution in [2.24, 2.45) is 0 Å². The molecule has 0 unspecified atom stereocenters. The molecule has 1 aliphatic heterocycles. The standard InChI is InChI=1S/C24H24N2OS/c1-17-3-7-19(8-4-17)16-26-13-14-28-23-12-9-20(15-22(23)26)24(27)25-21-10-5-18(2)6-11-21/h3-12,15H,13-14,16H2,1-2H3,(H,25,27). The summed E-state index contributed by atoms with van der Waals surface area (Å²) in [6.07, 6.45) is 0. The minimum atomic E-state index is -0.0717. The summed E-state index contributed by atoms with van der Waals surface area (Å²) >= 11 is 1.86. The summed E-state index contributed by atoms with van der Waals surface area (Å²) < 4.78 is 0. The van der Waals surface area contributed by atoms with Crippen LogP contribution in [0.25, 0.3) is 0 Å². The number of nitrogens with zero attached hydrogens (tertiary/aromatic N) is 1. The predicted molar refractivity (Wildman–Crippen MR) is 119 cm³/mol. The lowest BCUT2D eigenvalue weighted by Crippen LogP contribution is -2.29. The number of rotatable bonds is 4. The monoisotopic (exact) mass is 388 g/mol. The lowest BCUT2D eigenvalue weighted by atomic mass is 10.1. The van der Waals surface area contributed by atoms with Crippen LogP contribution in [0.3, 0.4) is 0 Å². The molecule has 1 aliphatic rings. The van der Waals surface area contributed by atoms with Crippen molar-refractivity contribution >= 4 is 29.0 Å². The van der Waals surface area contributed by atoms with Gasteiger partial charge in [-0.25, -0.2) is 0 Å². The molecule has 0 atom stereocenters. The highest BCUT2D eigenvalue weighted by Crippen LogP contribution is 2.36. The highest BCUT2D eigenvalue weighted by atomic mass is 32.2. The minimum Gasteiger partial charge on any atom is -0.365 e. The van der Waals surface area contributed by atoms with Crippen LogP contribution < -0.4 is 10.2 Å². The fourth-order valence-electron chi connectivity index (χ4n) is 3.33. The maximum absolute atomic E-state index is 12.8. The Balaban J connectivity index is 1.55. The molecule has 0 saturated heterocycles. The van der Waals surface area contributed by atoms with E-state index in [4.69, 9.17) is 0 Å². The van der Waals surface area contributed by atoms with E-state index in [9.17, 15) is 4.79 Å². The van der Waals surface area contributed by atoms with Gasteiger partial charge in [0, 0.05) is 35.0 Å². The van der Waals surface area contributed by atoms with Crippen molar-refractivity contribution in [1.82, 2.24) is 0 Å². The van der Waals surface area contributed by atoms with Crippen LogP contribution in [0.15, 0.2) is 71.6 Å². The van der Waals surface area contributed by atoms with Crippen molar-refractivity contribution in [1.29, 1.82) is 0 Å². The number of hydrogen-bond acceptors (Lipinski definition) is 3. The van der Waals surface area contributed by atoms with Crippen LogP contribution in [-0.2, 0) is 6.54 Å². The van der Waals surface area contributed by atoms with Crippen LogP contribution in [0, 0.1) is 13.8 Å². The molecule has 1 amide bonds. The molecule has 0 radical (unpaired) electrons. The fourth-order valence-corrected chi connectivity index (χ4v) is 4.36. The Morgan fingerprint density at radius 1 is 0.964 bits per heavy atom. The quantitative estimate of drug-likeness (QED) is 0.625. The number of anilines is 2. The van der Waals surface area contributed by atoms with Gasteiger partial charge in [-0.1, -0.05) is 47.5 Å². The van der Waals surface area contributed by atoms with Crippen molar-refractivity contribution in [3.63, 3.8) is 0 Å². The number of aryl methyl sites for hydroxylation is 2. The first-order valence-corrected chi connectivity index (χ1v) is 10.5. The highest BCUT2D eigenvalue weighted by Gasteiger charge is 2.19. The Kier molecular flexibility index (Phi) is 5.40. The van der Waals surface area contributed by atoms with Gasteiger partial charge in [0.1, 0.15) is 0 Å². The SMILES string of the molecule is Cc1ccc(CN2CCSc3ccc(C(=O)Nc4ccc(C)cc4)cc32)cc1. The van der Waals surface area contributed by atoms with Crippen molar-refractivity contribution in [3.8, 4) is 0 Å². The third-order valence-corrected chi connectivity index (χ3v) is 6.03. The second-order valence-electron chi connectivity index (χ2n) is 7.26. The molecule has 0 fully saturated rings. The third-order valence-electron chi connectivity index (χ3n) is 4.98. The van der Waals surface area contributed by atoms with Crippen molar-refractivity contribution in [3.05, 3.63) is 89.0 Å². The number of benzene rings is 3. The lowest BCUT2D eigenvalue weighted by Gasteiger charge is -2.31. The summed E-state index contributed by atoms with van der Waals surface area (Å²) in [4.78, 5) is 16.4. The van der Waals surface area contributed by atoms with Gasteiger partial charge in [0.15, 0.2) is 0 Å². The van der Waals surface area contributed by atoms with E-state index in [-0.39, 0.29) is 5.91 Å². The predicted octanol–water partition coefficient (Wildman–Crippen LogP) is 5.67. The summed E-state index contributed by atoms with van der Waals surface area (Å²) in [6.45, 7) is 5.98. The number of carbonyl (C=O) groups is 1. The van der Waals surface area contributed by atoms with Gasteiger partial charge in [-0.3, -0.25) is 4.79 Å². The second-order valence-corrected chi connectivity index (χ2v) is 8.40. The van der Waals surface area contributed by atoms with Gasteiger partial charge in [-0.05, 0) is 49.7 Å². The fraction of sp³-hybridized carbons (Fsp3) is 0.208. The maximum atomic E-state index is 12.8. The Bertz CT molecular complexity index is 980. The lowest BCUT2D eigenvalue weighted by molar-refractivity contribution is 0.102. The Morgan fingerprint density at radius 2 is 1.64 bits per heavy atom. The van der Waals surface area contributed by atoms with Crippen molar-refractivity contribution in [2.75, 3.05) is 22.5 Å². The molecule has 142 valence electrons. The summed E-state index contributed by atoms with van der Waals surface area (Å²) in [6, 6.07) is 22.6. The number of hydrogen-bond donors (Lipinski definition) is 1. The summed E-state index contributed by atoms with van der Waals surface area (Å²) in [5.41, 5.74) is 6.39. The van der Waals surface area contributed by atoms with Crippen LogP contribution in [-0.4, -0.2) is 18.2 Å². The van der Waals surface area contributed by atoms with E-state index in [0.29, 0.717) is 5.56 Å². The number of fused-ring (bicyclic) bond motifs is 1. The van der Waals surface area contributed by atoms with Gasteiger partial charge in [0.05, 0.1) is 5.69 Å². The molecule has 1 heterocycles. The number of thioether (sulfide) groups is 1. The molecule has 4 heteroatoms. The molecule has 0 aliphatic carbocycles. The molecule has 0 saturated carbocycles. The van der Waals surface area contributed by atoms with Gasteiger partial charge in [0.2, 0.25) is 0 Å². The van der Waals surface area contributed by atoms with Crippen LogP contribution in [0.5, 0.6) is 0 Å². The Hall–Kier alpha value is -2.72. The van der Waals surface area contributed by atoms with E-state index < -0.39 is 0 Å². The zero-order valence-electron chi connectivity index (χ0n) is 16.2. The third kappa shape index (κ3) is 4.23. The van der Waals surface area contributed by atoms with Gasteiger partial charge in [-0.15, -0.1) is 11.8 Å². The first-order valence-electron chi connectivity index (χ1n) is 9.54. The molecule has 3 nitrogen and oxygen atoms in total. The van der Waals surface area contributed by atoms with Gasteiger partial charge < -0.3 is 10.2 Å². The number of nitrogens with one attached hydrogen (secondary N) is 1. The zero-order chi connectivity index (χ0) is 19.5. The minimum absolute atomic E-state index is 0.0717. The van der Waals surface area contributed by atoms with E-state index >= 15 is 0 Å². The molecule has 28 heavy (non-hydrogen) atoms. The Morgan fingerprint density at radius 3 is 2.36 bits per heavy atom. The van der Waals surface area contributed by atoms with Crippen LogP contribution in [0.4, 0.5) is 11.4 Å². The molecule has 3 aromatic carbocycles. The normalized spacial score (nSPS) is 13.1. The smallest absolute Gasteiger partial charge is 0.255 e. The second kappa shape index (κ2) is 8.11. The topological polar surface area (TPSA) is 32.3 Å². The van der Waals surface area contributed by atoms with Gasteiger partial charge in [-0.2, -0.15) is 0 Å². The van der Waals surface area contributed by atoms with Crippen LogP contribution >= 0.6 is 11.8 Å². The van der Waals surface area contributed by atoms with E-state index in [0.717, 1.165) is 30.2 Å². The largest absolute Gasteiger partial charge is 0.365 e. The Labute approximate surface area is 170 Å². The van der Waals surface area contributed by atoms with Gasteiger partial charge in [0.25, 0.3) is 5.91 Å². The van der Waals surface area contributed by atoms with Crippen LogP contribution in [0.1, 0.15) is 27.0 Å². The van der Waals surface area contributed by atoms with Crippen LogP contribution in [0.2, 0.25) is 0 Å². The zero-order valence-corrected chi connectivity index (χ0v) is 17.1. The summed E-state index contributed by atoms with van der Waals surface area (Å²) in [5, 5.41) is 3.00. The molecule has 4 rings (SSSR count). The van der Waals surface area contributed by atoms with E-state index in [1.54, 1.807) is 0 Å². The van der Waals surface area contributed by atoms with Gasteiger partial charge >= 0.3 is 0 Å². The molecule has 0 spiro atoms. The molecular weight excluding hydrogens is 364 g/mol. The maximum Gasteiger partial charge on any atom is 0.255 e. The first-order chi connectivity index (χ1) is 13.6. The van der Waals surface area contributed by atoms with Crippen molar-refractivity contribution < 1.29 is 4.79 Å². The molecule has 0 bridgehead atoms. The summed E-state index contributed by atoms with van der Waals surface area (Å²) in [7, 11) is 0. The summed E-state index contributed by atoms with van der Waals surface area (Å²) in [5.74, 6) is 0.992. The van der Waals surface area contributed by atoms with E-state index in [1.165, 1.54) is 21.6 Å². The number of carbonyl (C=O) groups excluding carboxylic acids is 1. The molecule has 0 aromatic heterocycles. The van der Waals surface area contributed by atoms with E-state index in [2.05, 4.69) is 47.5 Å². The van der Waals surface area contributed by atoms with E-state index in [1.807, 2.05) is 55.1 Å². The average molecular weight is 389 g/mol.